The SMILES string of the molecule is CC(C)N1CCN(CC(=O)N2CCC3(CC2)CN(C)C3)CC1. The van der Waals surface area contributed by atoms with E-state index in [0.29, 0.717) is 23.9 Å². The first-order valence-electron chi connectivity index (χ1n) is 8.90. The van der Waals surface area contributed by atoms with Gasteiger partial charge >= 0.3 is 0 Å². The lowest BCUT2D eigenvalue weighted by molar-refractivity contribution is -0.137. The molecule has 3 aliphatic rings. The fourth-order valence-electron chi connectivity index (χ4n) is 4.37. The average molecular weight is 308 g/mol. The molecule has 0 bridgehead atoms. The van der Waals surface area contributed by atoms with Crippen LogP contribution in [0, 0.1) is 5.41 Å². The molecule has 0 aliphatic carbocycles. The second-order valence-corrected chi connectivity index (χ2v) is 7.96. The monoisotopic (exact) mass is 308 g/mol. The number of carbonyl (C=O) groups is 1. The fourth-order valence-corrected chi connectivity index (χ4v) is 4.37. The number of piperazine rings is 1. The van der Waals surface area contributed by atoms with Crippen molar-refractivity contribution in [1.82, 2.24) is 19.6 Å². The maximum Gasteiger partial charge on any atom is 0.236 e. The minimum absolute atomic E-state index is 0.348. The molecule has 0 aromatic heterocycles. The zero-order chi connectivity index (χ0) is 15.7. The van der Waals surface area contributed by atoms with Gasteiger partial charge in [0.25, 0.3) is 0 Å². The summed E-state index contributed by atoms with van der Waals surface area (Å²) in [6.07, 6.45) is 2.40. The lowest BCUT2D eigenvalue weighted by Gasteiger charge is -2.53. The van der Waals surface area contributed by atoms with Crippen LogP contribution in [0.3, 0.4) is 0 Å². The molecule has 0 unspecified atom stereocenters. The van der Waals surface area contributed by atoms with Crippen molar-refractivity contribution in [3.63, 3.8) is 0 Å². The van der Waals surface area contributed by atoms with Crippen LogP contribution in [0.15, 0.2) is 0 Å². The third-order valence-electron chi connectivity index (χ3n) is 5.88. The summed E-state index contributed by atoms with van der Waals surface area (Å²) < 4.78 is 0. The average Bonchev–Trinajstić information content (AvgIpc) is 2.47. The quantitative estimate of drug-likeness (QED) is 0.762. The van der Waals surface area contributed by atoms with E-state index in [0.717, 1.165) is 39.3 Å². The van der Waals surface area contributed by atoms with E-state index in [2.05, 4.69) is 40.5 Å². The zero-order valence-corrected chi connectivity index (χ0v) is 14.6. The van der Waals surface area contributed by atoms with Crippen LogP contribution >= 0.6 is 0 Å². The van der Waals surface area contributed by atoms with E-state index >= 15 is 0 Å². The summed E-state index contributed by atoms with van der Waals surface area (Å²) in [6, 6.07) is 0.622. The molecule has 1 spiro atoms. The van der Waals surface area contributed by atoms with Gasteiger partial charge in [0.1, 0.15) is 0 Å². The Morgan fingerprint density at radius 1 is 1.00 bits per heavy atom. The molecule has 0 aromatic carbocycles. The van der Waals surface area contributed by atoms with Gasteiger partial charge in [-0.3, -0.25) is 14.6 Å². The van der Waals surface area contributed by atoms with Crippen LogP contribution in [0.2, 0.25) is 0 Å². The van der Waals surface area contributed by atoms with Crippen molar-refractivity contribution in [2.45, 2.75) is 32.7 Å². The van der Waals surface area contributed by atoms with Crippen LogP contribution in [0.4, 0.5) is 0 Å². The Morgan fingerprint density at radius 2 is 1.59 bits per heavy atom. The van der Waals surface area contributed by atoms with Crippen LogP contribution in [0.25, 0.3) is 0 Å². The van der Waals surface area contributed by atoms with E-state index < -0.39 is 0 Å². The normalized spacial score (nSPS) is 27.4. The van der Waals surface area contributed by atoms with Gasteiger partial charge in [-0.15, -0.1) is 0 Å². The van der Waals surface area contributed by atoms with Gasteiger partial charge in [-0.05, 0) is 39.2 Å². The van der Waals surface area contributed by atoms with Crippen LogP contribution in [-0.2, 0) is 4.79 Å². The van der Waals surface area contributed by atoms with Gasteiger partial charge in [0.15, 0.2) is 0 Å². The highest BCUT2D eigenvalue weighted by atomic mass is 16.2. The van der Waals surface area contributed by atoms with Crippen molar-refractivity contribution in [1.29, 1.82) is 0 Å². The fraction of sp³-hybridized carbons (Fsp3) is 0.941. The second-order valence-electron chi connectivity index (χ2n) is 7.96. The van der Waals surface area contributed by atoms with Gasteiger partial charge in [0, 0.05) is 58.4 Å². The third-order valence-corrected chi connectivity index (χ3v) is 5.88. The predicted octanol–water partition coefficient (Wildman–Crippen LogP) is 0.567. The van der Waals surface area contributed by atoms with Crippen molar-refractivity contribution in [2.75, 3.05) is 66.0 Å². The molecule has 3 heterocycles. The van der Waals surface area contributed by atoms with Crippen LogP contribution in [0.5, 0.6) is 0 Å². The summed E-state index contributed by atoms with van der Waals surface area (Å²) in [5, 5.41) is 0. The molecular formula is C17H32N4O. The summed E-state index contributed by atoms with van der Waals surface area (Å²) in [5.41, 5.74) is 0.536. The molecule has 3 rings (SSSR count). The maximum absolute atomic E-state index is 12.5. The van der Waals surface area contributed by atoms with E-state index in [1.165, 1.54) is 25.9 Å². The number of likely N-dealkylation sites (tertiary alicyclic amines) is 2. The molecule has 3 aliphatic heterocycles. The molecule has 0 atom stereocenters. The zero-order valence-electron chi connectivity index (χ0n) is 14.6. The van der Waals surface area contributed by atoms with E-state index in [1.54, 1.807) is 0 Å². The highest BCUT2D eigenvalue weighted by Gasteiger charge is 2.43. The van der Waals surface area contributed by atoms with Gasteiger partial charge in [0.05, 0.1) is 6.54 Å². The Labute approximate surface area is 135 Å². The van der Waals surface area contributed by atoms with Gasteiger partial charge in [0.2, 0.25) is 5.91 Å². The van der Waals surface area contributed by atoms with E-state index in [-0.39, 0.29) is 0 Å². The summed E-state index contributed by atoms with van der Waals surface area (Å²) in [6.45, 7) is 13.8. The minimum atomic E-state index is 0.348. The first kappa shape index (κ1) is 16.2. The first-order valence-corrected chi connectivity index (χ1v) is 8.90. The lowest BCUT2D eigenvalue weighted by atomic mass is 9.72. The highest BCUT2D eigenvalue weighted by Crippen LogP contribution is 2.39. The Kier molecular flexibility index (Phi) is 4.76. The van der Waals surface area contributed by atoms with Crippen molar-refractivity contribution in [3.8, 4) is 0 Å². The second kappa shape index (κ2) is 6.46. The molecular weight excluding hydrogens is 276 g/mol. The Morgan fingerprint density at radius 3 is 2.09 bits per heavy atom. The van der Waals surface area contributed by atoms with Gasteiger partial charge in [-0.1, -0.05) is 0 Å². The Balaban J connectivity index is 1.40. The molecule has 1 amide bonds. The van der Waals surface area contributed by atoms with Crippen LogP contribution in [0.1, 0.15) is 26.7 Å². The van der Waals surface area contributed by atoms with E-state index in [4.69, 9.17) is 0 Å². The van der Waals surface area contributed by atoms with Gasteiger partial charge in [-0.25, -0.2) is 0 Å². The van der Waals surface area contributed by atoms with Crippen molar-refractivity contribution in [3.05, 3.63) is 0 Å². The molecule has 0 saturated carbocycles. The van der Waals surface area contributed by atoms with Gasteiger partial charge in [-0.2, -0.15) is 0 Å². The number of hydrogen-bond donors (Lipinski definition) is 0. The molecule has 5 nitrogen and oxygen atoms in total. The molecule has 126 valence electrons. The molecule has 0 radical (unpaired) electrons. The van der Waals surface area contributed by atoms with Crippen molar-refractivity contribution >= 4 is 5.91 Å². The van der Waals surface area contributed by atoms with Crippen LogP contribution < -0.4 is 0 Å². The molecule has 22 heavy (non-hydrogen) atoms. The predicted molar refractivity (Wildman–Crippen MR) is 88.9 cm³/mol. The largest absolute Gasteiger partial charge is 0.342 e. The number of nitrogens with zero attached hydrogens (tertiary/aromatic N) is 4. The third kappa shape index (κ3) is 3.47. The van der Waals surface area contributed by atoms with Crippen LogP contribution in [-0.4, -0.2) is 97.5 Å². The smallest absolute Gasteiger partial charge is 0.236 e. The van der Waals surface area contributed by atoms with E-state index in [1.807, 2.05) is 0 Å². The Bertz CT molecular complexity index is 387. The van der Waals surface area contributed by atoms with Crippen molar-refractivity contribution in [2.24, 2.45) is 5.41 Å². The lowest BCUT2D eigenvalue weighted by Crippen LogP contribution is -2.60. The minimum Gasteiger partial charge on any atom is -0.342 e. The molecule has 0 N–H and O–H groups in total. The number of rotatable bonds is 3. The highest BCUT2D eigenvalue weighted by molar-refractivity contribution is 5.78. The maximum atomic E-state index is 12.5. The summed E-state index contributed by atoms with van der Waals surface area (Å²) in [4.78, 5) is 21.9. The number of hydrogen-bond acceptors (Lipinski definition) is 4. The number of carbonyl (C=O) groups excluding carboxylic acids is 1. The molecule has 3 saturated heterocycles. The molecule has 0 aromatic rings. The Hall–Kier alpha value is -0.650. The topological polar surface area (TPSA) is 30.0 Å². The summed E-state index contributed by atoms with van der Waals surface area (Å²) in [7, 11) is 2.19. The standard InChI is InChI=1S/C17H32N4O/c1-15(2)20-10-8-19(9-11-20)12-16(22)21-6-4-17(5-7-21)13-18(3)14-17/h15H,4-14H2,1-3H3. The number of amides is 1. The summed E-state index contributed by atoms with van der Waals surface area (Å²) >= 11 is 0. The molecule has 5 heteroatoms. The summed E-state index contributed by atoms with van der Waals surface area (Å²) in [5.74, 6) is 0.348. The van der Waals surface area contributed by atoms with Gasteiger partial charge < -0.3 is 9.80 Å². The molecule has 3 fully saturated rings. The van der Waals surface area contributed by atoms with E-state index in [9.17, 15) is 4.79 Å². The first-order chi connectivity index (χ1) is 10.5. The van der Waals surface area contributed by atoms with Crippen molar-refractivity contribution < 1.29 is 4.79 Å². The number of piperidine rings is 1.